The van der Waals surface area contributed by atoms with Crippen molar-refractivity contribution in [2.24, 2.45) is 0 Å². The van der Waals surface area contributed by atoms with Crippen molar-refractivity contribution < 1.29 is 17.7 Å². The van der Waals surface area contributed by atoms with E-state index in [0.717, 1.165) is 0 Å². The van der Waals surface area contributed by atoms with Gasteiger partial charge in [-0.1, -0.05) is 18.2 Å². The minimum Gasteiger partial charge on any atom is -0.399 e. The summed E-state index contributed by atoms with van der Waals surface area (Å²) in [5.41, 5.74) is 0.743. The lowest BCUT2D eigenvalue weighted by atomic mass is 9.80. The number of aryl methyl sites for hydroxylation is 1. The van der Waals surface area contributed by atoms with Crippen molar-refractivity contribution in [3.63, 3.8) is 0 Å². The Morgan fingerprint density at radius 1 is 1.04 bits per heavy atom. The van der Waals surface area contributed by atoms with Crippen LogP contribution in [0.5, 0.6) is 0 Å². The molecular weight excluding hydrogens is 351 g/mol. The molecule has 0 unspecified atom stereocenters. The molecule has 1 aromatic heterocycles. The lowest BCUT2D eigenvalue weighted by Crippen LogP contribution is -2.41. The molecule has 26 heavy (non-hydrogen) atoms. The van der Waals surface area contributed by atoms with Crippen molar-refractivity contribution in [2.75, 3.05) is 4.72 Å². The first-order valence-corrected chi connectivity index (χ1v) is 9.89. The predicted octanol–water partition coefficient (Wildman–Crippen LogP) is 2.49. The molecule has 0 atom stereocenters. The van der Waals surface area contributed by atoms with Crippen molar-refractivity contribution in [2.45, 2.75) is 50.7 Å². The Morgan fingerprint density at radius 2 is 1.65 bits per heavy atom. The Kier molecular flexibility index (Phi) is 4.63. The zero-order valence-corrected chi connectivity index (χ0v) is 16.4. The number of nitrogens with one attached hydrogen (secondary N) is 1. The third kappa shape index (κ3) is 3.49. The van der Waals surface area contributed by atoms with Crippen molar-refractivity contribution in [3.05, 3.63) is 48.3 Å². The minimum atomic E-state index is -3.70. The summed E-state index contributed by atoms with van der Waals surface area (Å²) in [5.74, 6) is 0. The fourth-order valence-corrected chi connectivity index (χ4v) is 3.97. The minimum absolute atomic E-state index is 0.237. The molecular formula is C18H23BN2O4S. The maximum atomic E-state index is 12.7. The van der Waals surface area contributed by atoms with Crippen LogP contribution < -0.4 is 10.2 Å². The molecule has 1 aliphatic heterocycles. The van der Waals surface area contributed by atoms with Gasteiger partial charge >= 0.3 is 7.12 Å². The topological polar surface area (TPSA) is 77.5 Å². The van der Waals surface area contributed by atoms with E-state index in [1.54, 1.807) is 43.5 Å². The third-order valence-electron chi connectivity index (χ3n) is 4.92. The van der Waals surface area contributed by atoms with E-state index in [4.69, 9.17) is 9.31 Å². The first-order chi connectivity index (χ1) is 12.0. The smallest absolute Gasteiger partial charge is 0.399 e. The van der Waals surface area contributed by atoms with Crippen LogP contribution in [0.2, 0.25) is 0 Å². The monoisotopic (exact) mass is 374 g/mol. The number of hydrogen-bond donors (Lipinski definition) is 1. The second kappa shape index (κ2) is 6.37. The van der Waals surface area contributed by atoms with Crippen LogP contribution >= 0.6 is 0 Å². The lowest BCUT2D eigenvalue weighted by molar-refractivity contribution is 0.00578. The predicted molar refractivity (Wildman–Crippen MR) is 102 cm³/mol. The highest BCUT2D eigenvalue weighted by Gasteiger charge is 2.51. The molecule has 1 aliphatic rings. The normalized spacial score (nSPS) is 18.7. The van der Waals surface area contributed by atoms with E-state index in [9.17, 15) is 8.42 Å². The van der Waals surface area contributed by atoms with Gasteiger partial charge in [-0.3, -0.25) is 9.71 Å². The SMILES string of the molecule is Cc1ccccc1S(=O)(=O)Nc1cncc(B2OC(C)(C)C(C)(C)O2)c1. The maximum absolute atomic E-state index is 12.7. The number of pyridine rings is 1. The van der Waals surface area contributed by atoms with E-state index in [1.165, 1.54) is 6.20 Å². The van der Waals surface area contributed by atoms with E-state index < -0.39 is 28.3 Å². The van der Waals surface area contributed by atoms with Gasteiger partial charge in [-0.2, -0.15) is 0 Å². The summed E-state index contributed by atoms with van der Waals surface area (Å²) in [6.07, 6.45) is 3.08. The quantitative estimate of drug-likeness (QED) is 0.832. The number of sulfonamides is 1. The van der Waals surface area contributed by atoms with Crippen LogP contribution in [-0.2, 0) is 19.3 Å². The molecule has 6 nitrogen and oxygen atoms in total. The highest BCUT2D eigenvalue weighted by molar-refractivity contribution is 7.92. The number of anilines is 1. The van der Waals surface area contributed by atoms with Crippen LogP contribution in [0, 0.1) is 6.92 Å². The van der Waals surface area contributed by atoms with Crippen molar-refractivity contribution in [3.8, 4) is 0 Å². The number of benzene rings is 1. The van der Waals surface area contributed by atoms with Gasteiger partial charge in [-0.25, -0.2) is 8.42 Å². The molecule has 1 N–H and O–H groups in total. The summed E-state index contributed by atoms with van der Waals surface area (Å²) in [7, 11) is -4.30. The van der Waals surface area contributed by atoms with Crippen LogP contribution in [0.15, 0.2) is 47.6 Å². The molecule has 0 amide bonds. The van der Waals surface area contributed by atoms with Crippen LogP contribution in [0.3, 0.4) is 0 Å². The molecule has 2 aromatic rings. The van der Waals surface area contributed by atoms with Gasteiger partial charge in [0.25, 0.3) is 10.0 Å². The van der Waals surface area contributed by atoms with E-state index in [-0.39, 0.29) is 4.90 Å². The van der Waals surface area contributed by atoms with Crippen LogP contribution in [0.1, 0.15) is 33.3 Å². The number of rotatable bonds is 4. The van der Waals surface area contributed by atoms with E-state index >= 15 is 0 Å². The van der Waals surface area contributed by atoms with E-state index in [2.05, 4.69) is 9.71 Å². The molecule has 0 radical (unpaired) electrons. The van der Waals surface area contributed by atoms with Crippen molar-refractivity contribution >= 4 is 28.3 Å². The van der Waals surface area contributed by atoms with Crippen LogP contribution in [0.25, 0.3) is 0 Å². The van der Waals surface area contributed by atoms with Crippen LogP contribution in [0.4, 0.5) is 5.69 Å². The molecule has 2 heterocycles. The standard InChI is InChI=1S/C18H23BN2O4S/c1-13-8-6-7-9-16(13)26(22,23)21-15-10-14(11-20-12-15)19-24-17(2,3)18(4,5)25-19/h6-12,21H,1-5H3. The first kappa shape index (κ1) is 18.9. The molecule has 1 aromatic carbocycles. The highest BCUT2D eigenvalue weighted by Crippen LogP contribution is 2.36. The van der Waals surface area contributed by atoms with Gasteiger partial charge in [-0.05, 0) is 52.3 Å². The second-order valence-electron chi connectivity index (χ2n) is 7.47. The molecule has 3 rings (SSSR count). The Morgan fingerprint density at radius 3 is 2.27 bits per heavy atom. The molecule has 0 bridgehead atoms. The van der Waals surface area contributed by atoms with Gasteiger partial charge in [0.1, 0.15) is 0 Å². The second-order valence-corrected chi connectivity index (χ2v) is 9.12. The molecule has 8 heteroatoms. The molecule has 0 spiro atoms. The first-order valence-electron chi connectivity index (χ1n) is 8.41. The maximum Gasteiger partial charge on any atom is 0.496 e. The van der Waals surface area contributed by atoms with Crippen molar-refractivity contribution in [1.29, 1.82) is 0 Å². The van der Waals surface area contributed by atoms with Gasteiger partial charge in [0, 0.05) is 11.7 Å². The third-order valence-corrected chi connectivity index (χ3v) is 6.46. The number of nitrogens with zero attached hydrogens (tertiary/aromatic N) is 1. The van der Waals surface area contributed by atoms with Gasteiger partial charge in [0.15, 0.2) is 0 Å². The summed E-state index contributed by atoms with van der Waals surface area (Å²) in [5, 5.41) is 0. The molecule has 1 fully saturated rings. The van der Waals surface area contributed by atoms with E-state index in [0.29, 0.717) is 16.7 Å². The van der Waals surface area contributed by atoms with Crippen molar-refractivity contribution in [1.82, 2.24) is 4.98 Å². The zero-order chi connectivity index (χ0) is 19.2. The van der Waals surface area contributed by atoms with Gasteiger partial charge in [0.05, 0.1) is 28.0 Å². The summed E-state index contributed by atoms with van der Waals surface area (Å²) in [6, 6.07) is 8.51. The lowest BCUT2D eigenvalue weighted by Gasteiger charge is -2.32. The summed E-state index contributed by atoms with van der Waals surface area (Å²) < 4.78 is 39.9. The molecule has 1 saturated heterocycles. The average Bonchev–Trinajstić information content (AvgIpc) is 2.75. The van der Waals surface area contributed by atoms with E-state index in [1.807, 2.05) is 27.7 Å². The molecule has 138 valence electrons. The zero-order valence-electron chi connectivity index (χ0n) is 15.6. The number of hydrogen-bond acceptors (Lipinski definition) is 5. The Bertz CT molecular complexity index is 912. The van der Waals surface area contributed by atoms with Gasteiger partial charge in [-0.15, -0.1) is 0 Å². The number of aromatic nitrogens is 1. The Balaban J connectivity index is 1.86. The Labute approximate surface area is 155 Å². The highest BCUT2D eigenvalue weighted by atomic mass is 32.2. The van der Waals surface area contributed by atoms with Gasteiger partial charge in [0.2, 0.25) is 0 Å². The largest absolute Gasteiger partial charge is 0.496 e. The van der Waals surface area contributed by atoms with Crippen LogP contribution in [-0.4, -0.2) is 31.7 Å². The molecule has 0 aliphatic carbocycles. The molecule has 0 saturated carbocycles. The summed E-state index contributed by atoms with van der Waals surface area (Å²) in [6.45, 7) is 9.61. The van der Waals surface area contributed by atoms with Gasteiger partial charge < -0.3 is 9.31 Å². The Hall–Kier alpha value is -1.90. The summed E-state index contributed by atoms with van der Waals surface area (Å²) in [4.78, 5) is 4.38. The fourth-order valence-electron chi connectivity index (χ4n) is 2.69. The fraction of sp³-hybridized carbons (Fsp3) is 0.389. The average molecular weight is 374 g/mol. The summed E-state index contributed by atoms with van der Waals surface area (Å²) >= 11 is 0.